The maximum Gasteiger partial charge on any atom is 0.257 e. The number of hydrogen-bond donors (Lipinski definition) is 1. The van der Waals surface area contributed by atoms with Crippen LogP contribution in [0.5, 0.6) is 0 Å². The second-order valence-corrected chi connectivity index (χ2v) is 7.03. The normalized spacial score (nSPS) is 17.5. The molecule has 3 rings (SSSR count). The first kappa shape index (κ1) is 19.3. The highest BCUT2D eigenvalue weighted by atomic mass is 16.2. The number of amides is 2. The lowest BCUT2D eigenvalue weighted by Gasteiger charge is -2.32. The smallest absolute Gasteiger partial charge is 0.257 e. The van der Waals surface area contributed by atoms with Gasteiger partial charge in [-0.2, -0.15) is 5.10 Å². The summed E-state index contributed by atoms with van der Waals surface area (Å²) in [4.78, 5) is 32.8. The molecule has 0 unspecified atom stereocenters. The van der Waals surface area contributed by atoms with E-state index in [1.165, 1.54) is 0 Å². The molecule has 1 aliphatic heterocycles. The van der Waals surface area contributed by atoms with Crippen LogP contribution in [-0.2, 0) is 11.3 Å². The largest absolute Gasteiger partial charge is 0.347 e. The molecule has 0 bridgehead atoms. The molecule has 1 aliphatic rings. The lowest BCUT2D eigenvalue weighted by molar-refractivity contribution is -0.130. The van der Waals surface area contributed by atoms with Crippen molar-refractivity contribution in [1.82, 2.24) is 29.7 Å². The maximum atomic E-state index is 12.7. The van der Waals surface area contributed by atoms with Crippen LogP contribution in [-0.4, -0.2) is 68.4 Å². The lowest BCUT2D eigenvalue weighted by atomic mass is 10.1. The molecule has 1 atom stereocenters. The maximum absolute atomic E-state index is 12.7. The van der Waals surface area contributed by atoms with Crippen molar-refractivity contribution in [1.29, 1.82) is 0 Å². The SMILES string of the molecule is CCN(CC)Cc1cnc2c(C(=O)N[C@H]3CCCN(C(C)=O)C3)cnn2c1. The summed E-state index contributed by atoms with van der Waals surface area (Å²) in [6.45, 7) is 9.89. The minimum absolute atomic E-state index is 0.0351. The first-order valence-corrected chi connectivity index (χ1v) is 9.62. The number of nitrogens with one attached hydrogen (secondary N) is 1. The molecule has 8 nitrogen and oxygen atoms in total. The van der Waals surface area contributed by atoms with Crippen LogP contribution in [0.2, 0.25) is 0 Å². The Hall–Kier alpha value is -2.48. The van der Waals surface area contributed by atoms with Crippen LogP contribution < -0.4 is 5.32 Å². The van der Waals surface area contributed by atoms with E-state index in [-0.39, 0.29) is 17.9 Å². The fourth-order valence-electron chi connectivity index (χ4n) is 3.50. The number of carbonyl (C=O) groups is 2. The van der Waals surface area contributed by atoms with Crippen molar-refractivity contribution < 1.29 is 9.59 Å². The first-order valence-electron chi connectivity index (χ1n) is 9.62. The number of fused-ring (bicyclic) bond motifs is 1. The fourth-order valence-corrected chi connectivity index (χ4v) is 3.50. The average Bonchev–Trinajstić information content (AvgIpc) is 3.09. The van der Waals surface area contributed by atoms with Gasteiger partial charge in [-0.25, -0.2) is 9.50 Å². The van der Waals surface area contributed by atoms with E-state index in [0.717, 1.165) is 44.6 Å². The number of likely N-dealkylation sites (tertiary alicyclic amines) is 1. The molecule has 2 aromatic rings. The van der Waals surface area contributed by atoms with E-state index in [4.69, 9.17) is 0 Å². The lowest BCUT2D eigenvalue weighted by Crippen LogP contribution is -2.49. The number of rotatable bonds is 6. The van der Waals surface area contributed by atoms with Crippen molar-refractivity contribution in [3.63, 3.8) is 0 Å². The summed E-state index contributed by atoms with van der Waals surface area (Å²) in [6.07, 6.45) is 7.06. The highest BCUT2D eigenvalue weighted by Crippen LogP contribution is 2.14. The van der Waals surface area contributed by atoms with Crippen LogP contribution in [0.3, 0.4) is 0 Å². The van der Waals surface area contributed by atoms with Gasteiger partial charge in [0.15, 0.2) is 5.65 Å². The summed E-state index contributed by atoms with van der Waals surface area (Å²) in [7, 11) is 0. The quantitative estimate of drug-likeness (QED) is 0.827. The molecule has 0 saturated carbocycles. The summed E-state index contributed by atoms with van der Waals surface area (Å²) in [5.74, 6) is -0.142. The number of hydrogen-bond acceptors (Lipinski definition) is 5. The Balaban J connectivity index is 1.71. The summed E-state index contributed by atoms with van der Waals surface area (Å²) in [6, 6.07) is -0.0351. The monoisotopic (exact) mass is 372 g/mol. The van der Waals surface area contributed by atoms with Crippen LogP contribution >= 0.6 is 0 Å². The van der Waals surface area contributed by atoms with Gasteiger partial charge in [-0.3, -0.25) is 14.5 Å². The van der Waals surface area contributed by atoms with E-state index >= 15 is 0 Å². The summed E-state index contributed by atoms with van der Waals surface area (Å²) in [5, 5.41) is 7.33. The van der Waals surface area contributed by atoms with Gasteiger partial charge in [0.25, 0.3) is 5.91 Å². The topological polar surface area (TPSA) is 82.8 Å². The van der Waals surface area contributed by atoms with Crippen molar-refractivity contribution in [3.8, 4) is 0 Å². The molecule has 1 fully saturated rings. The van der Waals surface area contributed by atoms with Crippen LogP contribution in [0.15, 0.2) is 18.6 Å². The Morgan fingerprint density at radius 3 is 2.78 bits per heavy atom. The van der Waals surface area contributed by atoms with Gasteiger partial charge in [-0.1, -0.05) is 13.8 Å². The second kappa shape index (κ2) is 8.47. The van der Waals surface area contributed by atoms with Gasteiger partial charge in [0.1, 0.15) is 5.56 Å². The van der Waals surface area contributed by atoms with E-state index in [1.807, 2.05) is 12.4 Å². The van der Waals surface area contributed by atoms with Gasteiger partial charge in [-0.05, 0) is 25.9 Å². The van der Waals surface area contributed by atoms with Crippen molar-refractivity contribution >= 4 is 17.5 Å². The highest BCUT2D eigenvalue weighted by Gasteiger charge is 2.24. The molecule has 1 N–H and O–H groups in total. The Kier molecular flexibility index (Phi) is 6.05. The molecule has 2 aromatic heterocycles. The molecular formula is C19H28N6O2. The zero-order chi connectivity index (χ0) is 19.4. The van der Waals surface area contributed by atoms with Gasteiger partial charge in [0, 0.05) is 50.6 Å². The third kappa shape index (κ3) is 4.44. The van der Waals surface area contributed by atoms with E-state index in [1.54, 1.807) is 22.5 Å². The third-order valence-corrected chi connectivity index (χ3v) is 5.16. The standard InChI is InChI=1S/C19H28N6O2/c1-4-23(5-2)11-15-9-20-18-17(10-21-25(18)12-15)19(27)22-16-7-6-8-24(13-16)14(3)26/h9-10,12,16H,4-8,11,13H2,1-3H3,(H,22,27)/t16-/m0/s1. The molecular weight excluding hydrogens is 344 g/mol. The first-order chi connectivity index (χ1) is 13.0. The zero-order valence-electron chi connectivity index (χ0n) is 16.3. The van der Waals surface area contributed by atoms with Crippen LogP contribution in [0, 0.1) is 0 Å². The van der Waals surface area contributed by atoms with E-state index in [2.05, 4.69) is 34.1 Å². The van der Waals surface area contributed by atoms with E-state index in [9.17, 15) is 9.59 Å². The fraction of sp³-hybridized carbons (Fsp3) is 0.579. The van der Waals surface area contributed by atoms with Gasteiger partial charge < -0.3 is 10.2 Å². The van der Waals surface area contributed by atoms with Gasteiger partial charge in [0.05, 0.1) is 6.20 Å². The molecule has 146 valence electrons. The molecule has 27 heavy (non-hydrogen) atoms. The number of carbonyl (C=O) groups excluding carboxylic acids is 2. The Morgan fingerprint density at radius 1 is 1.30 bits per heavy atom. The second-order valence-electron chi connectivity index (χ2n) is 7.03. The summed E-state index contributed by atoms with van der Waals surface area (Å²) < 4.78 is 1.66. The zero-order valence-corrected chi connectivity index (χ0v) is 16.3. The minimum atomic E-state index is -0.190. The number of nitrogens with zero attached hydrogens (tertiary/aromatic N) is 5. The van der Waals surface area contributed by atoms with Crippen LogP contribution in [0.4, 0.5) is 0 Å². The molecule has 0 aliphatic carbocycles. The summed E-state index contributed by atoms with van der Waals surface area (Å²) in [5.41, 5.74) is 2.07. The predicted octanol–water partition coefficient (Wildman–Crippen LogP) is 1.31. The predicted molar refractivity (Wildman–Crippen MR) is 102 cm³/mol. The minimum Gasteiger partial charge on any atom is -0.347 e. The van der Waals surface area contributed by atoms with Crippen molar-refractivity contribution in [2.24, 2.45) is 0 Å². The van der Waals surface area contributed by atoms with Crippen molar-refractivity contribution in [3.05, 3.63) is 29.7 Å². The molecule has 0 radical (unpaired) electrons. The van der Waals surface area contributed by atoms with Crippen molar-refractivity contribution in [2.75, 3.05) is 26.2 Å². The highest BCUT2D eigenvalue weighted by molar-refractivity contribution is 5.99. The molecule has 0 aromatic carbocycles. The Morgan fingerprint density at radius 2 is 2.07 bits per heavy atom. The molecule has 8 heteroatoms. The van der Waals surface area contributed by atoms with Gasteiger partial charge in [0.2, 0.25) is 5.91 Å². The molecule has 3 heterocycles. The van der Waals surface area contributed by atoms with Crippen LogP contribution in [0.1, 0.15) is 49.5 Å². The number of piperidine rings is 1. The summed E-state index contributed by atoms with van der Waals surface area (Å²) >= 11 is 0. The van der Waals surface area contributed by atoms with Crippen molar-refractivity contribution in [2.45, 2.75) is 46.2 Å². The van der Waals surface area contributed by atoms with Crippen LogP contribution in [0.25, 0.3) is 5.65 Å². The number of aromatic nitrogens is 3. The molecule has 2 amide bonds. The average molecular weight is 372 g/mol. The third-order valence-electron chi connectivity index (χ3n) is 5.16. The molecule has 1 saturated heterocycles. The molecule has 0 spiro atoms. The van der Waals surface area contributed by atoms with Gasteiger partial charge in [-0.15, -0.1) is 0 Å². The van der Waals surface area contributed by atoms with Gasteiger partial charge >= 0.3 is 0 Å². The Bertz CT molecular complexity index is 814. The van der Waals surface area contributed by atoms with E-state index < -0.39 is 0 Å². The Labute approximate surface area is 159 Å². The van der Waals surface area contributed by atoms with E-state index in [0.29, 0.717) is 17.8 Å².